The van der Waals surface area contributed by atoms with Crippen molar-refractivity contribution < 1.29 is 28.6 Å². The maximum absolute atomic E-state index is 12.6. The maximum Gasteiger partial charge on any atom is 0.311 e. The molecular weight excluding hydrogens is 376 g/mol. The summed E-state index contributed by atoms with van der Waals surface area (Å²) < 4.78 is 15.9. The number of benzene rings is 1. The lowest BCUT2D eigenvalue weighted by atomic mass is 9.99. The van der Waals surface area contributed by atoms with Crippen LogP contribution >= 0.6 is 0 Å². The van der Waals surface area contributed by atoms with Crippen molar-refractivity contribution in [2.24, 2.45) is 5.92 Å². The number of ether oxygens (including phenoxy) is 3. The average molecular weight is 404 g/mol. The van der Waals surface area contributed by atoms with Gasteiger partial charge in [-0.2, -0.15) is 0 Å². The van der Waals surface area contributed by atoms with Crippen molar-refractivity contribution >= 4 is 17.8 Å². The van der Waals surface area contributed by atoms with Crippen LogP contribution in [0.3, 0.4) is 0 Å². The van der Waals surface area contributed by atoms with E-state index in [-0.39, 0.29) is 30.9 Å². The molecule has 8 heteroatoms. The number of carbonyl (C=O) groups is 3. The lowest BCUT2D eigenvalue weighted by molar-refractivity contribution is -0.155. The van der Waals surface area contributed by atoms with Crippen molar-refractivity contribution in [2.45, 2.75) is 39.3 Å². The summed E-state index contributed by atoms with van der Waals surface area (Å²) in [5, 5.41) is 0. The third-order valence-electron chi connectivity index (χ3n) is 5.52. The minimum atomic E-state index is -0.503. The Balaban J connectivity index is 1.56. The normalized spacial score (nSPS) is 18.7. The first kappa shape index (κ1) is 21.0. The van der Waals surface area contributed by atoms with Crippen LogP contribution in [0.1, 0.15) is 31.4 Å². The number of methoxy groups -OCH3 is 2. The predicted molar refractivity (Wildman–Crippen MR) is 105 cm³/mol. The monoisotopic (exact) mass is 404 g/mol. The van der Waals surface area contributed by atoms with Gasteiger partial charge in [0.1, 0.15) is 0 Å². The quantitative estimate of drug-likeness (QED) is 0.666. The first-order valence-corrected chi connectivity index (χ1v) is 9.81. The minimum Gasteiger partial charge on any atom is -0.493 e. The number of rotatable bonds is 6. The molecule has 2 aliphatic rings. The second-order valence-corrected chi connectivity index (χ2v) is 7.69. The van der Waals surface area contributed by atoms with E-state index in [0.29, 0.717) is 37.6 Å². The van der Waals surface area contributed by atoms with Crippen LogP contribution in [-0.4, -0.2) is 67.5 Å². The standard InChI is InChI=1S/C21H28N2O6/c1-13(2)23-11-16(9-19(23)24)21(26)29-12-20(25)22-6-5-14-7-17(27-3)18(28-4)8-15(14)10-22/h7-8,13,16H,5-6,9-12H2,1-4H3. The Morgan fingerprint density at radius 2 is 1.79 bits per heavy atom. The summed E-state index contributed by atoms with van der Waals surface area (Å²) in [6, 6.07) is 3.86. The second kappa shape index (κ2) is 8.71. The van der Waals surface area contributed by atoms with E-state index in [1.165, 1.54) is 0 Å². The van der Waals surface area contributed by atoms with Gasteiger partial charge in [0.2, 0.25) is 5.91 Å². The van der Waals surface area contributed by atoms with E-state index >= 15 is 0 Å². The van der Waals surface area contributed by atoms with Crippen LogP contribution in [0.15, 0.2) is 12.1 Å². The molecule has 1 unspecified atom stereocenters. The number of esters is 1. The Morgan fingerprint density at radius 3 is 2.38 bits per heavy atom. The summed E-state index contributed by atoms with van der Waals surface area (Å²) in [5.41, 5.74) is 2.10. The summed E-state index contributed by atoms with van der Waals surface area (Å²) in [6.45, 7) is 4.83. The summed E-state index contributed by atoms with van der Waals surface area (Å²) in [4.78, 5) is 40.1. The van der Waals surface area contributed by atoms with Gasteiger partial charge in [0.25, 0.3) is 5.91 Å². The number of fused-ring (bicyclic) bond motifs is 1. The molecule has 0 spiro atoms. The fraction of sp³-hybridized carbons (Fsp3) is 0.571. The summed E-state index contributed by atoms with van der Waals surface area (Å²) in [7, 11) is 3.17. The van der Waals surface area contributed by atoms with Gasteiger partial charge in [-0.15, -0.1) is 0 Å². The third kappa shape index (κ3) is 4.46. The Kier molecular flexibility index (Phi) is 6.30. The molecule has 0 aromatic heterocycles. The Hall–Kier alpha value is -2.77. The SMILES string of the molecule is COc1cc2c(cc1OC)CN(C(=O)COC(=O)C1CC(=O)N(C(C)C)C1)CC2. The molecule has 29 heavy (non-hydrogen) atoms. The molecule has 0 aliphatic carbocycles. The molecule has 1 aromatic rings. The Labute approximate surface area is 170 Å². The fourth-order valence-corrected chi connectivity index (χ4v) is 3.83. The lowest BCUT2D eigenvalue weighted by Crippen LogP contribution is -2.39. The van der Waals surface area contributed by atoms with Gasteiger partial charge in [-0.1, -0.05) is 0 Å². The first-order chi connectivity index (χ1) is 13.8. The molecule has 0 saturated carbocycles. The summed E-state index contributed by atoms with van der Waals surface area (Å²) in [6.07, 6.45) is 0.833. The predicted octanol–water partition coefficient (Wildman–Crippen LogP) is 1.39. The van der Waals surface area contributed by atoms with E-state index in [1.807, 2.05) is 26.0 Å². The van der Waals surface area contributed by atoms with Crippen LogP contribution < -0.4 is 9.47 Å². The van der Waals surface area contributed by atoms with Crippen molar-refractivity contribution in [3.05, 3.63) is 23.3 Å². The molecular formula is C21H28N2O6. The molecule has 2 heterocycles. The number of nitrogens with zero attached hydrogens (tertiary/aromatic N) is 2. The van der Waals surface area contributed by atoms with Gasteiger partial charge in [-0.25, -0.2) is 0 Å². The second-order valence-electron chi connectivity index (χ2n) is 7.69. The van der Waals surface area contributed by atoms with Crippen molar-refractivity contribution in [2.75, 3.05) is 33.9 Å². The van der Waals surface area contributed by atoms with E-state index in [0.717, 1.165) is 11.1 Å². The van der Waals surface area contributed by atoms with Gasteiger partial charge in [0.05, 0.1) is 20.1 Å². The Morgan fingerprint density at radius 1 is 1.14 bits per heavy atom. The van der Waals surface area contributed by atoms with Gasteiger partial charge in [0.15, 0.2) is 18.1 Å². The van der Waals surface area contributed by atoms with Crippen molar-refractivity contribution in [1.29, 1.82) is 0 Å². The molecule has 158 valence electrons. The fourth-order valence-electron chi connectivity index (χ4n) is 3.83. The van der Waals surface area contributed by atoms with Gasteiger partial charge < -0.3 is 24.0 Å². The highest BCUT2D eigenvalue weighted by Crippen LogP contribution is 2.33. The number of amides is 2. The summed E-state index contributed by atoms with van der Waals surface area (Å²) in [5.74, 6) is -0.00150. The van der Waals surface area contributed by atoms with Crippen LogP contribution in [0, 0.1) is 5.92 Å². The number of likely N-dealkylation sites (tertiary alicyclic amines) is 1. The molecule has 3 rings (SSSR count). The molecule has 2 amide bonds. The van der Waals surface area contributed by atoms with Crippen molar-refractivity contribution in [1.82, 2.24) is 9.80 Å². The average Bonchev–Trinajstić information content (AvgIpc) is 3.12. The molecule has 1 saturated heterocycles. The topological polar surface area (TPSA) is 85.4 Å². The maximum atomic E-state index is 12.6. The van der Waals surface area contributed by atoms with Gasteiger partial charge in [-0.05, 0) is 43.5 Å². The summed E-state index contributed by atoms with van der Waals surface area (Å²) >= 11 is 0. The molecule has 1 atom stereocenters. The smallest absolute Gasteiger partial charge is 0.311 e. The van der Waals surface area contributed by atoms with Gasteiger partial charge in [0, 0.05) is 32.1 Å². The zero-order chi connectivity index (χ0) is 21.1. The largest absolute Gasteiger partial charge is 0.493 e. The number of carbonyl (C=O) groups excluding carboxylic acids is 3. The van der Waals surface area contributed by atoms with Crippen LogP contribution in [0.5, 0.6) is 11.5 Å². The Bertz CT molecular complexity index is 807. The molecule has 0 N–H and O–H groups in total. The molecule has 1 fully saturated rings. The van der Waals surface area contributed by atoms with E-state index in [2.05, 4.69) is 0 Å². The highest BCUT2D eigenvalue weighted by molar-refractivity contribution is 5.88. The van der Waals surface area contributed by atoms with Crippen LogP contribution in [0.4, 0.5) is 0 Å². The molecule has 8 nitrogen and oxygen atoms in total. The van der Waals surface area contributed by atoms with E-state index < -0.39 is 11.9 Å². The third-order valence-corrected chi connectivity index (χ3v) is 5.52. The van der Waals surface area contributed by atoms with E-state index in [1.54, 1.807) is 24.0 Å². The zero-order valence-electron chi connectivity index (χ0n) is 17.4. The first-order valence-electron chi connectivity index (χ1n) is 9.81. The minimum absolute atomic E-state index is 0.0472. The molecule has 0 radical (unpaired) electrons. The van der Waals surface area contributed by atoms with Gasteiger partial charge >= 0.3 is 5.97 Å². The van der Waals surface area contributed by atoms with Crippen LogP contribution in [0.25, 0.3) is 0 Å². The molecule has 1 aromatic carbocycles. The zero-order valence-corrected chi connectivity index (χ0v) is 17.4. The van der Waals surface area contributed by atoms with Crippen LogP contribution in [0.2, 0.25) is 0 Å². The highest BCUT2D eigenvalue weighted by atomic mass is 16.5. The molecule has 2 aliphatic heterocycles. The van der Waals surface area contributed by atoms with Crippen molar-refractivity contribution in [3.63, 3.8) is 0 Å². The van der Waals surface area contributed by atoms with E-state index in [4.69, 9.17) is 14.2 Å². The lowest BCUT2D eigenvalue weighted by Gasteiger charge is -2.29. The molecule has 0 bridgehead atoms. The van der Waals surface area contributed by atoms with Crippen molar-refractivity contribution in [3.8, 4) is 11.5 Å². The van der Waals surface area contributed by atoms with Gasteiger partial charge in [-0.3, -0.25) is 14.4 Å². The number of hydrogen-bond acceptors (Lipinski definition) is 6. The highest BCUT2D eigenvalue weighted by Gasteiger charge is 2.37. The van der Waals surface area contributed by atoms with E-state index in [9.17, 15) is 14.4 Å². The van der Waals surface area contributed by atoms with Crippen LogP contribution in [-0.2, 0) is 32.1 Å². The number of hydrogen-bond donors (Lipinski definition) is 0.